The van der Waals surface area contributed by atoms with Gasteiger partial charge in [-0.05, 0) is 36.6 Å². The lowest BCUT2D eigenvalue weighted by Gasteiger charge is -2.33. The number of hydrogen-bond acceptors (Lipinski definition) is 4. The molecule has 1 aliphatic rings. The number of carbonyl (C=O) groups excluding carboxylic acids is 2. The number of alkyl halides is 2. The average molecular weight is 472 g/mol. The van der Waals surface area contributed by atoms with Crippen molar-refractivity contribution in [1.29, 1.82) is 0 Å². The lowest BCUT2D eigenvalue weighted by molar-refractivity contribution is -0.384. The lowest BCUT2D eigenvalue weighted by Crippen LogP contribution is -2.46. The minimum absolute atomic E-state index is 0.0102. The number of nitrogens with zero attached hydrogens (tertiary/aromatic N) is 2. The number of benzene rings is 1. The number of hydrogen-bond donors (Lipinski definition) is 0. The maximum absolute atomic E-state index is 12.5. The molecule has 0 heterocycles. The highest BCUT2D eigenvalue weighted by Gasteiger charge is 2.44. The summed E-state index contributed by atoms with van der Waals surface area (Å²) in [7, 11) is 0. The molecule has 1 aromatic rings. The van der Waals surface area contributed by atoms with E-state index in [0.29, 0.717) is 11.3 Å². The molecule has 2 rings (SSSR count). The predicted molar refractivity (Wildman–Crippen MR) is 103 cm³/mol. The number of nitro benzene ring substituents is 1. The van der Waals surface area contributed by atoms with E-state index >= 15 is 0 Å². The van der Waals surface area contributed by atoms with Crippen LogP contribution in [0.15, 0.2) is 40.9 Å². The second-order valence-electron chi connectivity index (χ2n) is 6.16. The third-order valence-corrected chi connectivity index (χ3v) is 6.76. The smallest absolute Gasteiger partial charge is 0.277 e. The Morgan fingerprint density at radius 1 is 1.32 bits per heavy atom. The van der Waals surface area contributed by atoms with Gasteiger partial charge < -0.3 is 0 Å². The van der Waals surface area contributed by atoms with E-state index in [1.807, 2.05) is 13.8 Å². The third-order valence-electron chi connectivity index (χ3n) is 3.95. The van der Waals surface area contributed by atoms with Crippen molar-refractivity contribution in [3.05, 3.63) is 51.6 Å². The average Bonchev–Trinajstić information content (AvgIpc) is 2.55. The molecule has 8 heteroatoms. The van der Waals surface area contributed by atoms with E-state index in [2.05, 4.69) is 36.9 Å². The van der Waals surface area contributed by atoms with Gasteiger partial charge in [0.05, 0.1) is 15.5 Å². The Labute approximate surface area is 161 Å². The predicted octanol–water partition coefficient (Wildman–Crippen LogP) is 4.26. The zero-order chi connectivity index (χ0) is 18.9. The molecule has 1 aliphatic carbocycles. The van der Waals surface area contributed by atoms with Crippen molar-refractivity contribution in [2.75, 3.05) is 0 Å². The first-order valence-corrected chi connectivity index (χ1v) is 9.23. The van der Waals surface area contributed by atoms with E-state index in [-0.39, 0.29) is 23.0 Å². The number of non-ortho nitro benzene ring substituents is 1. The quantitative estimate of drug-likeness (QED) is 0.374. The Morgan fingerprint density at radius 2 is 1.88 bits per heavy atom. The number of halogens is 2. The zero-order valence-corrected chi connectivity index (χ0v) is 17.0. The van der Waals surface area contributed by atoms with Gasteiger partial charge in [0.15, 0.2) is 5.78 Å². The molecule has 132 valence electrons. The summed E-state index contributed by atoms with van der Waals surface area (Å²) >= 11 is 6.88. The Hall–Kier alpha value is -1.67. The maximum atomic E-state index is 12.5. The molecular formula is C17H16Br2N2O4. The van der Waals surface area contributed by atoms with Crippen LogP contribution in [0.2, 0.25) is 0 Å². The van der Waals surface area contributed by atoms with Gasteiger partial charge in [-0.2, -0.15) is 0 Å². The van der Waals surface area contributed by atoms with Crippen molar-refractivity contribution in [2.24, 2.45) is 10.9 Å². The lowest BCUT2D eigenvalue weighted by atomic mass is 9.83. The van der Waals surface area contributed by atoms with E-state index < -0.39 is 20.0 Å². The molecule has 0 aromatic heterocycles. The highest BCUT2D eigenvalue weighted by Crippen LogP contribution is 2.38. The monoisotopic (exact) mass is 470 g/mol. The summed E-state index contributed by atoms with van der Waals surface area (Å²) in [5, 5.41) is 10.7. The van der Waals surface area contributed by atoms with Crippen LogP contribution >= 0.6 is 31.9 Å². The van der Waals surface area contributed by atoms with Gasteiger partial charge in [0.2, 0.25) is 0 Å². The van der Waals surface area contributed by atoms with Crippen molar-refractivity contribution in [1.82, 2.24) is 0 Å². The Balaban J connectivity index is 2.45. The molecule has 1 amide bonds. The SMILES string of the molecule is CC(C)C1=CC(=O)C(C)(Br)C(Br)C1=NC(=O)c1ccc([N+](=O)[O-])cc1. The van der Waals surface area contributed by atoms with Crippen molar-refractivity contribution in [2.45, 2.75) is 29.9 Å². The van der Waals surface area contributed by atoms with E-state index in [0.717, 1.165) is 0 Å². The molecule has 0 saturated heterocycles. The summed E-state index contributed by atoms with van der Waals surface area (Å²) in [6.07, 6.45) is 1.51. The number of nitro groups is 1. The molecule has 0 bridgehead atoms. The number of amides is 1. The molecule has 0 fully saturated rings. The van der Waals surface area contributed by atoms with Crippen LogP contribution in [0.25, 0.3) is 0 Å². The second-order valence-corrected chi connectivity index (χ2v) is 8.73. The molecule has 2 atom stereocenters. The molecule has 2 unspecified atom stereocenters. The molecule has 0 radical (unpaired) electrons. The Morgan fingerprint density at radius 3 is 2.36 bits per heavy atom. The van der Waals surface area contributed by atoms with Crippen LogP contribution in [-0.4, -0.2) is 31.5 Å². The number of rotatable bonds is 3. The van der Waals surface area contributed by atoms with Gasteiger partial charge in [0.25, 0.3) is 11.6 Å². The molecule has 1 aromatic carbocycles. The van der Waals surface area contributed by atoms with Gasteiger partial charge in [-0.1, -0.05) is 45.7 Å². The minimum Gasteiger partial charge on any atom is -0.293 e. The fourth-order valence-corrected chi connectivity index (χ4v) is 3.29. The maximum Gasteiger partial charge on any atom is 0.277 e. The number of aliphatic imine (C=N–C) groups is 1. The largest absolute Gasteiger partial charge is 0.293 e. The summed E-state index contributed by atoms with van der Waals surface area (Å²) in [6, 6.07) is 5.26. The van der Waals surface area contributed by atoms with Crippen molar-refractivity contribution < 1.29 is 14.5 Å². The molecule has 0 saturated carbocycles. The Kier molecular flexibility index (Phi) is 5.73. The van der Waals surface area contributed by atoms with Crippen molar-refractivity contribution >= 4 is 54.9 Å². The van der Waals surface area contributed by atoms with E-state index in [1.165, 1.54) is 30.3 Å². The molecule has 0 aliphatic heterocycles. The summed E-state index contributed by atoms with van der Waals surface area (Å²) in [5.74, 6) is -0.602. The van der Waals surface area contributed by atoms with Crippen LogP contribution in [0.4, 0.5) is 5.69 Å². The second kappa shape index (κ2) is 7.29. The van der Waals surface area contributed by atoms with Crippen LogP contribution in [0, 0.1) is 16.0 Å². The van der Waals surface area contributed by atoms with Gasteiger partial charge in [0, 0.05) is 17.7 Å². The van der Waals surface area contributed by atoms with Gasteiger partial charge in [-0.15, -0.1) is 0 Å². The van der Waals surface area contributed by atoms with Crippen molar-refractivity contribution in [3.8, 4) is 0 Å². The fourth-order valence-electron chi connectivity index (χ4n) is 2.37. The summed E-state index contributed by atoms with van der Waals surface area (Å²) in [5.41, 5.74) is 1.33. The molecule has 6 nitrogen and oxygen atoms in total. The van der Waals surface area contributed by atoms with Crippen LogP contribution in [0.1, 0.15) is 31.1 Å². The summed E-state index contributed by atoms with van der Waals surface area (Å²) < 4.78 is -0.903. The van der Waals surface area contributed by atoms with Gasteiger partial charge in [0.1, 0.15) is 4.32 Å². The minimum atomic E-state index is -0.903. The van der Waals surface area contributed by atoms with Crippen LogP contribution in [0.3, 0.4) is 0 Å². The zero-order valence-electron chi connectivity index (χ0n) is 13.8. The first-order valence-electron chi connectivity index (χ1n) is 7.52. The van der Waals surface area contributed by atoms with Crippen LogP contribution < -0.4 is 0 Å². The number of ketones is 1. The third kappa shape index (κ3) is 3.95. The van der Waals surface area contributed by atoms with Gasteiger partial charge in [-0.3, -0.25) is 19.7 Å². The Bertz CT molecular complexity index is 795. The molecule has 25 heavy (non-hydrogen) atoms. The highest BCUT2D eigenvalue weighted by atomic mass is 79.9. The highest BCUT2D eigenvalue weighted by molar-refractivity contribution is 9.13. The summed E-state index contributed by atoms with van der Waals surface area (Å²) in [4.78, 5) is 38.7. The molecule has 0 N–H and O–H groups in total. The van der Waals surface area contributed by atoms with Crippen LogP contribution in [-0.2, 0) is 4.79 Å². The first kappa shape index (κ1) is 19.7. The normalized spacial score (nSPS) is 25.2. The van der Waals surface area contributed by atoms with Crippen molar-refractivity contribution in [3.63, 3.8) is 0 Å². The first-order chi connectivity index (χ1) is 11.6. The summed E-state index contributed by atoms with van der Waals surface area (Å²) in [6.45, 7) is 5.55. The van der Waals surface area contributed by atoms with E-state index in [9.17, 15) is 19.7 Å². The number of allylic oxidation sites excluding steroid dienone is 2. The van der Waals surface area contributed by atoms with E-state index in [1.54, 1.807) is 6.92 Å². The van der Waals surface area contributed by atoms with Gasteiger partial charge >= 0.3 is 0 Å². The molecule has 0 spiro atoms. The topological polar surface area (TPSA) is 89.6 Å². The molecular weight excluding hydrogens is 456 g/mol. The van der Waals surface area contributed by atoms with Gasteiger partial charge in [-0.25, -0.2) is 4.99 Å². The van der Waals surface area contributed by atoms with Crippen LogP contribution in [0.5, 0.6) is 0 Å². The fraction of sp³-hybridized carbons (Fsp3) is 0.353. The standard InChI is InChI=1S/C17H16Br2N2O4/c1-9(2)12-8-13(22)17(3,19)15(18)14(12)20-16(23)10-4-6-11(7-5-10)21(24)25/h4-9,15H,1-3H3. The van der Waals surface area contributed by atoms with E-state index in [4.69, 9.17) is 0 Å². The number of carbonyl (C=O) groups is 2.